The van der Waals surface area contributed by atoms with Gasteiger partial charge in [-0.3, -0.25) is 5.32 Å². The number of nitrogens with zero attached hydrogens (tertiary/aromatic N) is 1. The van der Waals surface area contributed by atoms with Gasteiger partial charge in [0, 0.05) is 17.3 Å². The number of aliphatic hydroxyl groups excluding tert-OH is 1. The van der Waals surface area contributed by atoms with E-state index in [-0.39, 0.29) is 12.1 Å². The van der Waals surface area contributed by atoms with E-state index >= 15 is 0 Å². The van der Waals surface area contributed by atoms with Gasteiger partial charge in [0.1, 0.15) is 0 Å². The number of hydrogen-bond donors (Lipinski definition) is 2. The molecule has 0 amide bonds. The largest absolute Gasteiger partial charge is 0.391 e. The molecule has 0 aliphatic heterocycles. The zero-order valence-corrected chi connectivity index (χ0v) is 13.7. The Morgan fingerprint density at radius 3 is 3.09 bits per heavy atom. The lowest BCUT2D eigenvalue weighted by Gasteiger charge is -2.28. The van der Waals surface area contributed by atoms with Crippen LogP contribution in [0.25, 0.3) is 0 Å². The summed E-state index contributed by atoms with van der Waals surface area (Å²) in [5.74, 6) is 0. The fourth-order valence-electron chi connectivity index (χ4n) is 3.77. The molecule has 3 unspecified atom stereocenters. The second kappa shape index (κ2) is 5.76. The van der Waals surface area contributed by atoms with Crippen molar-refractivity contribution in [3.63, 3.8) is 0 Å². The topological polar surface area (TPSA) is 45.2 Å². The SMILES string of the molecule is CCc1nc2c(s1)C(NC1c3ccccc3CC1O)CCC2. The number of aliphatic hydroxyl groups is 1. The van der Waals surface area contributed by atoms with Gasteiger partial charge in [-0.15, -0.1) is 11.3 Å². The molecule has 1 aromatic carbocycles. The number of hydrogen-bond acceptors (Lipinski definition) is 4. The summed E-state index contributed by atoms with van der Waals surface area (Å²) in [4.78, 5) is 6.18. The molecule has 2 aliphatic carbocycles. The Hall–Kier alpha value is -1.23. The van der Waals surface area contributed by atoms with Crippen LogP contribution in [0.15, 0.2) is 24.3 Å². The van der Waals surface area contributed by atoms with E-state index in [4.69, 9.17) is 4.98 Å². The molecule has 0 saturated carbocycles. The molecule has 2 aromatic rings. The minimum Gasteiger partial charge on any atom is -0.391 e. The molecule has 0 fully saturated rings. The number of nitrogens with one attached hydrogen (secondary N) is 1. The lowest BCUT2D eigenvalue weighted by atomic mass is 9.96. The summed E-state index contributed by atoms with van der Waals surface area (Å²) >= 11 is 1.85. The second-order valence-corrected chi connectivity index (χ2v) is 7.45. The zero-order chi connectivity index (χ0) is 15.1. The van der Waals surface area contributed by atoms with Gasteiger partial charge in [0.25, 0.3) is 0 Å². The number of aromatic nitrogens is 1. The maximum absolute atomic E-state index is 10.5. The van der Waals surface area contributed by atoms with Crippen molar-refractivity contribution in [1.29, 1.82) is 0 Å². The summed E-state index contributed by atoms with van der Waals surface area (Å²) in [7, 11) is 0. The molecule has 0 saturated heterocycles. The predicted molar refractivity (Wildman–Crippen MR) is 89.2 cm³/mol. The molecule has 116 valence electrons. The van der Waals surface area contributed by atoms with Gasteiger partial charge in [0.05, 0.1) is 22.8 Å². The molecule has 4 heteroatoms. The van der Waals surface area contributed by atoms with Crippen LogP contribution in [-0.4, -0.2) is 16.2 Å². The van der Waals surface area contributed by atoms with Crippen LogP contribution in [-0.2, 0) is 19.3 Å². The second-order valence-electron chi connectivity index (χ2n) is 6.33. The van der Waals surface area contributed by atoms with Crippen LogP contribution in [0.3, 0.4) is 0 Å². The van der Waals surface area contributed by atoms with Crippen molar-refractivity contribution in [2.45, 2.75) is 57.2 Å². The van der Waals surface area contributed by atoms with Crippen LogP contribution in [0, 0.1) is 0 Å². The van der Waals surface area contributed by atoms with E-state index in [0.29, 0.717) is 6.04 Å². The van der Waals surface area contributed by atoms with E-state index in [9.17, 15) is 5.11 Å². The summed E-state index contributed by atoms with van der Waals surface area (Å²) in [6.45, 7) is 2.17. The highest BCUT2D eigenvalue weighted by Crippen LogP contribution is 2.39. The Morgan fingerprint density at radius 1 is 1.36 bits per heavy atom. The first kappa shape index (κ1) is 14.4. The first-order chi connectivity index (χ1) is 10.8. The van der Waals surface area contributed by atoms with Crippen molar-refractivity contribution in [3.8, 4) is 0 Å². The predicted octanol–water partition coefficient (Wildman–Crippen LogP) is 3.33. The minimum absolute atomic E-state index is 0.0549. The number of aryl methyl sites for hydroxylation is 2. The molecule has 2 aliphatic rings. The standard InChI is InChI=1S/C18H22N2OS/c1-2-16-19-13-8-5-9-14(18(13)22-16)20-17-12-7-4-3-6-11(12)10-15(17)21/h3-4,6-7,14-15,17,20-21H,2,5,8-10H2,1H3. The monoisotopic (exact) mass is 314 g/mol. The fourth-order valence-corrected chi connectivity index (χ4v) is 4.92. The van der Waals surface area contributed by atoms with Crippen molar-refractivity contribution < 1.29 is 5.11 Å². The summed E-state index contributed by atoms with van der Waals surface area (Å²) in [5.41, 5.74) is 3.83. The van der Waals surface area contributed by atoms with Crippen molar-refractivity contribution in [2.75, 3.05) is 0 Å². The van der Waals surface area contributed by atoms with E-state index in [1.54, 1.807) is 0 Å². The molecule has 1 aromatic heterocycles. The summed E-state index contributed by atoms with van der Waals surface area (Å²) in [6, 6.07) is 8.81. The molecule has 2 N–H and O–H groups in total. The van der Waals surface area contributed by atoms with Gasteiger partial charge < -0.3 is 5.11 Å². The minimum atomic E-state index is -0.318. The van der Waals surface area contributed by atoms with Crippen molar-refractivity contribution in [3.05, 3.63) is 51.0 Å². The number of benzene rings is 1. The quantitative estimate of drug-likeness (QED) is 0.913. The normalized spacial score (nSPS) is 26.7. The van der Waals surface area contributed by atoms with Gasteiger partial charge in [0.2, 0.25) is 0 Å². The Balaban J connectivity index is 1.61. The van der Waals surface area contributed by atoms with Crippen LogP contribution < -0.4 is 5.32 Å². The third-order valence-electron chi connectivity index (χ3n) is 4.88. The van der Waals surface area contributed by atoms with Crippen LogP contribution in [0.5, 0.6) is 0 Å². The molecule has 4 rings (SSSR count). The third-order valence-corrected chi connectivity index (χ3v) is 6.24. The van der Waals surface area contributed by atoms with Crippen molar-refractivity contribution in [1.82, 2.24) is 10.3 Å². The Kier molecular flexibility index (Phi) is 3.76. The smallest absolute Gasteiger partial charge is 0.0928 e. The molecule has 0 spiro atoms. The van der Waals surface area contributed by atoms with Gasteiger partial charge >= 0.3 is 0 Å². The summed E-state index contributed by atoms with van der Waals surface area (Å²) in [6.07, 6.45) is 4.89. The highest BCUT2D eigenvalue weighted by molar-refractivity contribution is 7.11. The van der Waals surface area contributed by atoms with E-state index in [2.05, 4.69) is 36.5 Å². The molecule has 22 heavy (non-hydrogen) atoms. The Bertz CT molecular complexity index is 681. The van der Waals surface area contributed by atoms with E-state index in [1.807, 2.05) is 11.3 Å². The highest BCUT2D eigenvalue weighted by atomic mass is 32.1. The van der Waals surface area contributed by atoms with Crippen molar-refractivity contribution in [2.24, 2.45) is 0 Å². The average Bonchev–Trinajstić information content (AvgIpc) is 3.09. The highest BCUT2D eigenvalue weighted by Gasteiger charge is 2.34. The van der Waals surface area contributed by atoms with Crippen LogP contribution in [0.4, 0.5) is 0 Å². The first-order valence-corrected chi connectivity index (χ1v) is 9.08. The van der Waals surface area contributed by atoms with Crippen molar-refractivity contribution >= 4 is 11.3 Å². The molecule has 0 bridgehead atoms. The number of thiazole rings is 1. The van der Waals surface area contributed by atoms with Crippen LogP contribution >= 0.6 is 11.3 Å². The lowest BCUT2D eigenvalue weighted by Crippen LogP contribution is -2.33. The molecular weight excluding hydrogens is 292 g/mol. The zero-order valence-electron chi connectivity index (χ0n) is 12.9. The molecular formula is C18H22N2OS. The van der Waals surface area contributed by atoms with E-state index in [1.165, 1.54) is 33.1 Å². The molecule has 3 atom stereocenters. The van der Waals surface area contributed by atoms with E-state index in [0.717, 1.165) is 25.7 Å². The number of fused-ring (bicyclic) bond motifs is 2. The Labute approximate surface area is 135 Å². The molecule has 0 radical (unpaired) electrons. The fraction of sp³-hybridized carbons (Fsp3) is 0.500. The van der Waals surface area contributed by atoms with Crippen LogP contribution in [0.2, 0.25) is 0 Å². The third kappa shape index (κ3) is 2.39. The van der Waals surface area contributed by atoms with Gasteiger partial charge in [-0.1, -0.05) is 31.2 Å². The maximum atomic E-state index is 10.5. The Morgan fingerprint density at radius 2 is 2.23 bits per heavy atom. The molecule has 3 nitrogen and oxygen atoms in total. The summed E-state index contributed by atoms with van der Waals surface area (Å²) < 4.78 is 0. The first-order valence-electron chi connectivity index (χ1n) is 8.26. The summed E-state index contributed by atoms with van der Waals surface area (Å²) in [5, 5.41) is 15.4. The van der Waals surface area contributed by atoms with E-state index < -0.39 is 0 Å². The van der Waals surface area contributed by atoms with Gasteiger partial charge in [-0.2, -0.15) is 0 Å². The van der Waals surface area contributed by atoms with Crippen LogP contribution in [0.1, 0.15) is 58.6 Å². The maximum Gasteiger partial charge on any atom is 0.0928 e. The lowest BCUT2D eigenvalue weighted by molar-refractivity contribution is 0.133. The molecule has 1 heterocycles. The average molecular weight is 314 g/mol. The van der Waals surface area contributed by atoms with Gasteiger partial charge in [-0.05, 0) is 36.8 Å². The van der Waals surface area contributed by atoms with Gasteiger partial charge in [0.15, 0.2) is 0 Å². The van der Waals surface area contributed by atoms with Gasteiger partial charge in [-0.25, -0.2) is 4.98 Å². The number of rotatable bonds is 3.